The van der Waals surface area contributed by atoms with Gasteiger partial charge < -0.3 is 19.9 Å². The molecular formula is C21H24Cl2FN3O2. The monoisotopic (exact) mass is 439 g/mol. The number of halogens is 3. The minimum absolute atomic E-state index is 0. The largest absolute Gasteiger partial charge is 0.474 e. The van der Waals surface area contributed by atoms with E-state index in [0.717, 1.165) is 31.7 Å². The zero-order chi connectivity index (χ0) is 19.9. The molecule has 0 unspecified atom stereocenters. The highest BCUT2D eigenvalue weighted by Crippen LogP contribution is 2.46. The molecule has 1 amide bonds. The van der Waals surface area contributed by atoms with Gasteiger partial charge in [0.2, 0.25) is 0 Å². The number of nitrogens with one attached hydrogen (secondary N) is 1. The lowest BCUT2D eigenvalue weighted by molar-refractivity contribution is -0.132. The minimum atomic E-state index is -1.05. The number of hydrogen-bond donors (Lipinski definition) is 1. The van der Waals surface area contributed by atoms with Crippen LogP contribution in [0.25, 0.3) is 0 Å². The summed E-state index contributed by atoms with van der Waals surface area (Å²) in [6, 6.07) is 10.2. The Kier molecular flexibility index (Phi) is 6.27. The van der Waals surface area contributed by atoms with Crippen LogP contribution < -0.4 is 19.9 Å². The van der Waals surface area contributed by atoms with Crippen molar-refractivity contribution in [2.24, 2.45) is 0 Å². The number of amides is 1. The molecule has 2 aromatic rings. The molecule has 2 aliphatic heterocycles. The zero-order valence-electron chi connectivity index (χ0n) is 16.4. The number of rotatable bonds is 3. The van der Waals surface area contributed by atoms with Gasteiger partial charge in [-0.05, 0) is 31.5 Å². The Morgan fingerprint density at radius 2 is 1.86 bits per heavy atom. The molecule has 2 aromatic carbocycles. The highest BCUT2D eigenvalue weighted by atomic mass is 35.5. The van der Waals surface area contributed by atoms with Crippen LogP contribution in [0.4, 0.5) is 15.8 Å². The van der Waals surface area contributed by atoms with Crippen molar-refractivity contribution in [1.29, 1.82) is 0 Å². The maximum Gasteiger partial charge on any atom is 0.271 e. The molecule has 1 fully saturated rings. The average molecular weight is 440 g/mol. The summed E-state index contributed by atoms with van der Waals surface area (Å²) >= 11 is 6.11. The van der Waals surface area contributed by atoms with Gasteiger partial charge in [-0.25, -0.2) is 4.39 Å². The van der Waals surface area contributed by atoms with Gasteiger partial charge in [0.25, 0.3) is 5.91 Å². The Balaban J connectivity index is 0.00000240. The summed E-state index contributed by atoms with van der Waals surface area (Å²) in [7, 11) is 0. The first-order valence-corrected chi connectivity index (χ1v) is 9.77. The molecule has 29 heavy (non-hydrogen) atoms. The number of fused-ring (bicyclic) bond motifs is 1. The fourth-order valence-corrected chi connectivity index (χ4v) is 3.93. The van der Waals surface area contributed by atoms with Gasteiger partial charge in [-0.1, -0.05) is 23.7 Å². The van der Waals surface area contributed by atoms with Gasteiger partial charge in [0, 0.05) is 43.3 Å². The van der Waals surface area contributed by atoms with Crippen LogP contribution >= 0.6 is 24.0 Å². The van der Waals surface area contributed by atoms with Crippen LogP contribution in [0.3, 0.4) is 0 Å². The molecule has 0 radical (unpaired) electrons. The van der Waals surface area contributed by atoms with E-state index in [1.165, 1.54) is 12.1 Å². The molecule has 2 heterocycles. The van der Waals surface area contributed by atoms with E-state index < -0.39 is 5.60 Å². The Bertz CT molecular complexity index is 917. The van der Waals surface area contributed by atoms with Crippen molar-refractivity contribution >= 4 is 41.3 Å². The minimum Gasteiger partial charge on any atom is -0.474 e. The quantitative estimate of drug-likeness (QED) is 0.784. The first-order chi connectivity index (χ1) is 13.3. The number of ether oxygens (including phenoxy) is 1. The number of nitrogens with zero attached hydrogens (tertiary/aromatic N) is 2. The van der Waals surface area contributed by atoms with E-state index in [1.54, 1.807) is 24.8 Å². The molecule has 2 aliphatic rings. The predicted molar refractivity (Wildman–Crippen MR) is 116 cm³/mol. The molecule has 0 saturated carbocycles. The van der Waals surface area contributed by atoms with E-state index >= 15 is 0 Å². The van der Waals surface area contributed by atoms with Gasteiger partial charge in [-0.2, -0.15) is 0 Å². The molecule has 8 heteroatoms. The molecule has 0 bridgehead atoms. The average Bonchev–Trinajstić information content (AvgIpc) is 2.66. The van der Waals surface area contributed by atoms with Crippen molar-refractivity contribution in [1.82, 2.24) is 5.32 Å². The maximum atomic E-state index is 14.5. The van der Waals surface area contributed by atoms with Crippen molar-refractivity contribution in [2.75, 3.05) is 36.0 Å². The van der Waals surface area contributed by atoms with Gasteiger partial charge in [0.05, 0.1) is 17.9 Å². The van der Waals surface area contributed by atoms with Crippen LogP contribution in [0.15, 0.2) is 36.4 Å². The van der Waals surface area contributed by atoms with Gasteiger partial charge in [-0.3, -0.25) is 4.79 Å². The summed E-state index contributed by atoms with van der Waals surface area (Å²) in [5, 5.41) is 3.89. The lowest BCUT2D eigenvalue weighted by atomic mass is 10.0. The second-order valence-corrected chi connectivity index (χ2v) is 8.08. The molecule has 5 nitrogen and oxygen atoms in total. The van der Waals surface area contributed by atoms with Crippen LogP contribution in [0, 0.1) is 5.82 Å². The third-order valence-electron chi connectivity index (χ3n) is 5.11. The van der Waals surface area contributed by atoms with E-state index in [0.29, 0.717) is 28.7 Å². The standard InChI is InChI=1S/C21H23ClFN3O2.ClH/c1-21(2)20(27)26(13-14-4-3-5-15(22)10-14)18-12-16(23)11-17(19(18)28-21)25-8-6-24-7-9-25;/h3-5,10-12,24H,6-9,13H2,1-2H3;1H. The number of anilines is 2. The maximum absolute atomic E-state index is 14.5. The molecule has 0 spiro atoms. The number of carbonyl (C=O) groups excluding carboxylic acids is 1. The van der Waals surface area contributed by atoms with Crippen LogP contribution in [-0.2, 0) is 11.3 Å². The Morgan fingerprint density at radius 1 is 1.17 bits per heavy atom. The third kappa shape index (κ3) is 4.29. The topological polar surface area (TPSA) is 44.8 Å². The second-order valence-electron chi connectivity index (χ2n) is 7.64. The smallest absolute Gasteiger partial charge is 0.271 e. The van der Waals surface area contributed by atoms with Crippen LogP contribution in [0.5, 0.6) is 5.75 Å². The number of carbonyl (C=O) groups is 1. The number of hydrogen-bond acceptors (Lipinski definition) is 4. The van der Waals surface area contributed by atoms with Crippen LogP contribution in [-0.4, -0.2) is 37.7 Å². The summed E-state index contributed by atoms with van der Waals surface area (Å²) in [5.74, 6) is -0.0498. The van der Waals surface area contributed by atoms with Crippen LogP contribution in [0.2, 0.25) is 5.02 Å². The molecule has 156 valence electrons. The van der Waals surface area contributed by atoms with Gasteiger partial charge in [0.1, 0.15) is 5.82 Å². The summed E-state index contributed by atoms with van der Waals surface area (Å²) in [4.78, 5) is 16.8. The molecule has 4 rings (SSSR count). The van der Waals surface area contributed by atoms with Gasteiger partial charge in [0.15, 0.2) is 11.4 Å². The zero-order valence-corrected chi connectivity index (χ0v) is 17.9. The second kappa shape index (κ2) is 8.38. The van der Waals surface area contributed by atoms with Crippen molar-refractivity contribution in [3.05, 3.63) is 52.8 Å². The lowest BCUT2D eigenvalue weighted by Crippen LogP contribution is -2.53. The third-order valence-corrected chi connectivity index (χ3v) is 5.35. The Labute approximate surface area is 181 Å². The van der Waals surface area contributed by atoms with Crippen molar-refractivity contribution < 1.29 is 13.9 Å². The molecule has 0 aromatic heterocycles. The predicted octanol–water partition coefficient (Wildman–Crippen LogP) is 4.01. The molecular weight excluding hydrogens is 416 g/mol. The van der Waals surface area contributed by atoms with Crippen molar-refractivity contribution in [3.8, 4) is 5.75 Å². The fourth-order valence-electron chi connectivity index (χ4n) is 3.72. The normalized spacial score (nSPS) is 18.0. The highest BCUT2D eigenvalue weighted by Gasteiger charge is 2.43. The van der Waals surface area contributed by atoms with Crippen molar-refractivity contribution in [2.45, 2.75) is 26.0 Å². The SMILES string of the molecule is CC1(C)Oc2c(N3CCNCC3)cc(F)cc2N(Cc2cccc(Cl)c2)C1=O.Cl. The van der Waals surface area contributed by atoms with E-state index in [9.17, 15) is 9.18 Å². The van der Waals surface area contributed by atoms with Crippen LogP contribution in [0.1, 0.15) is 19.4 Å². The molecule has 0 atom stereocenters. The summed E-state index contributed by atoms with van der Waals surface area (Å²) in [6.45, 7) is 6.93. The number of benzene rings is 2. The van der Waals surface area contributed by atoms with E-state index in [2.05, 4.69) is 10.2 Å². The van der Waals surface area contributed by atoms with E-state index in [1.807, 2.05) is 18.2 Å². The van der Waals surface area contributed by atoms with E-state index in [4.69, 9.17) is 16.3 Å². The summed E-state index contributed by atoms with van der Waals surface area (Å²) in [6.07, 6.45) is 0. The Morgan fingerprint density at radius 3 is 2.55 bits per heavy atom. The molecule has 0 aliphatic carbocycles. The lowest BCUT2D eigenvalue weighted by Gasteiger charge is -2.41. The van der Waals surface area contributed by atoms with Gasteiger partial charge >= 0.3 is 0 Å². The first kappa shape index (κ1) is 21.7. The summed E-state index contributed by atoms with van der Waals surface area (Å²) < 4.78 is 20.7. The van der Waals surface area contributed by atoms with Gasteiger partial charge in [-0.15, -0.1) is 12.4 Å². The first-order valence-electron chi connectivity index (χ1n) is 9.40. The Hall–Kier alpha value is -2.02. The molecule has 1 saturated heterocycles. The fraction of sp³-hybridized carbons (Fsp3) is 0.381. The highest BCUT2D eigenvalue weighted by molar-refractivity contribution is 6.30. The van der Waals surface area contributed by atoms with E-state index in [-0.39, 0.29) is 24.1 Å². The molecule has 1 N–H and O–H groups in total. The summed E-state index contributed by atoms with van der Waals surface area (Å²) in [5.41, 5.74) is 0.968. The number of piperazine rings is 1. The van der Waals surface area contributed by atoms with Crippen molar-refractivity contribution in [3.63, 3.8) is 0 Å².